The van der Waals surface area contributed by atoms with Crippen LogP contribution in [0.3, 0.4) is 0 Å². The van der Waals surface area contributed by atoms with E-state index in [4.69, 9.17) is 5.73 Å². The van der Waals surface area contributed by atoms with Crippen LogP contribution in [0.25, 0.3) is 16.7 Å². The number of halogens is 3. The number of carbonyl (C=O) groups excluding carboxylic acids is 1. The number of alkyl halides is 3. The molecule has 0 atom stereocenters. The van der Waals surface area contributed by atoms with Gasteiger partial charge in [-0.1, -0.05) is 12.1 Å². The van der Waals surface area contributed by atoms with Gasteiger partial charge in [-0.05, 0) is 60.0 Å². The Morgan fingerprint density at radius 2 is 1.62 bits per heavy atom. The molecule has 2 aromatic carbocycles. The number of amides is 1. The largest absolute Gasteiger partial charge is 0.416 e. The Labute approximate surface area is 163 Å². The number of hydrogen-bond acceptors (Lipinski definition) is 3. The first-order valence-electron chi connectivity index (χ1n) is 8.70. The summed E-state index contributed by atoms with van der Waals surface area (Å²) >= 11 is 0. The van der Waals surface area contributed by atoms with E-state index in [0.717, 1.165) is 23.3 Å². The van der Waals surface area contributed by atoms with Crippen LogP contribution in [0.4, 0.5) is 13.2 Å². The average Bonchev–Trinajstić information content (AvgIpc) is 3.08. The van der Waals surface area contributed by atoms with Crippen molar-refractivity contribution >= 4 is 16.9 Å². The van der Waals surface area contributed by atoms with E-state index >= 15 is 0 Å². The van der Waals surface area contributed by atoms with E-state index in [1.54, 1.807) is 24.5 Å². The normalized spacial score (nSPS) is 11.7. The first-order chi connectivity index (χ1) is 13.8. The van der Waals surface area contributed by atoms with Crippen molar-refractivity contribution in [2.24, 2.45) is 5.73 Å². The monoisotopic (exact) mass is 396 g/mol. The van der Waals surface area contributed by atoms with Gasteiger partial charge in [-0.2, -0.15) is 13.2 Å². The molecule has 0 aliphatic rings. The Bertz CT molecular complexity index is 1180. The van der Waals surface area contributed by atoms with Crippen LogP contribution in [0.5, 0.6) is 0 Å². The van der Waals surface area contributed by atoms with Gasteiger partial charge in [-0.25, -0.2) is 4.98 Å². The van der Waals surface area contributed by atoms with Gasteiger partial charge >= 0.3 is 6.18 Å². The molecule has 1 amide bonds. The fourth-order valence-electron chi connectivity index (χ4n) is 3.18. The van der Waals surface area contributed by atoms with Crippen molar-refractivity contribution in [2.75, 3.05) is 0 Å². The van der Waals surface area contributed by atoms with Gasteiger partial charge in [0.25, 0.3) is 5.91 Å². The maximum absolute atomic E-state index is 13.0. The van der Waals surface area contributed by atoms with E-state index in [0.29, 0.717) is 17.6 Å². The maximum Gasteiger partial charge on any atom is 0.416 e. The topological polar surface area (TPSA) is 73.8 Å². The van der Waals surface area contributed by atoms with E-state index < -0.39 is 17.6 Å². The van der Waals surface area contributed by atoms with Crippen molar-refractivity contribution in [3.8, 4) is 5.69 Å². The predicted molar refractivity (Wildman–Crippen MR) is 102 cm³/mol. The lowest BCUT2D eigenvalue weighted by Gasteiger charge is -2.10. The summed E-state index contributed by atoms with van der Waals surface area (Å²) in [6, 6.07) is 14.3. The minimum atomic E-state index is -4.50. The van der Waals surface area contributed by atoms with E-state index in [-0.39, 0.29) is 11.3 Å². The highest BCUT2D eigenvalue weighted by atomic mass is 19.4. The van der Waals surface area contributed by atoms with Gasteiger partial charge in [0.15, 0.2) is 0 Å². The molecule has 0 saturated heterocycles. The average molecular weight is 396 g/mol. The molecule has 0 fully saturated rings. The summed E-state index contributed by atoms with van der Waals surface area (Å²) in [6.07, 6.45) is -0.365. The molecule has 0 aliphatic heterocycles. The zero-order valence-electron chi connectivity index (χ0n) is 15.0. The fraction of sp³-hybridized carbons (Fsp3) is 0.0952. The molecule has 29 heavy (non-hydrogen) atoms. The Morgan fingerprint density at radius 3 is 2.24 bits per heavy atom. The highest BCUT2D eigenvalue weighted by Gasteiger charge is 2.31. The standard InChI is InChI=1S/C21H15F3N4O/c22-21(23,24)15-3-6-18-17(12-15)27-20(19(25)29)28(18)16-4-1-13(2-5-16)11-14-7-9-26-10-8-14/h1-10,12H,11H2,(H2,25,29). The van der Waals surface area contributed by atoms with E-state index in [9.17, 15) is 18.0 Å². The van der Waals surface area contributed by atoms with Crippen LogP contribution in [0, 0.1) is 0 Å². The van der Waals surface area contributed by atoms with Gasteiger partial charge in [0.1, 0.15) is 0 Å². The third kappa shape index (κ3) is 3.69. The Kier molecular flexibility index (Phi) is 4.54. The number of carbonyl (C=O) groups is 1. The molecule has 2 heterocycles. The number of nitrogens with two attached hydrogens (primary N) is 1. The van der Waals surface area contributed by atoms with Crippen LogP contribution in [-0.4, -0.2) is 20.4 Å². The summed E-state index contributed by atoms with van der Waals surface area (Å²) in [6.45, 7) is 0. The second-order valence-corrected chi connectivity index (χ2v) is 6.54. The first-order valence-corrected chi connectivity index (χ1v) is 8.70. The predicted octanol–water partition coefficient (Wildman–Crippen LogP) is 4.13. The van der Waals surface area contributed by atoms with Crippen molar-refractivity contribution in [1.29, 1.82) is 0 Å². The summed E-state index contributed by atoms with van der Waals surface area (Å²) in [5.74, 6) is -0.947. The number of hydrogen-bond donors (Lipinski definition) is 1. The number of rotatable bonds is 4. The molecule has 4 aromatic rings. The fourth-order valence-corrected chi connectivity index (χ4v) is 3.18. The minimum absolute atomic E-state index is 0.0505. The molecule has 0 bridgehead atoms. The molecule has 0 unspecified atom stereocenters. The number of pyridine rings is 1. The van der Waals surface area contributed by atoms with Crippen LogP contribution in [0.15, 0.2) is 67.0 Å². The summed E-state index contributed by atoms with van der Waals surface area (Å²) in [4.78, 5) is 19.9. The van der Waals surface area contributed by atoms with E-state index in [1.807, 2.05) is 24.3 Å². The summed E-state index contributed by atoms with van der Waals surface area (Å²) < 4.78 is 40.5. The lowest BCUT2D eigenvalue weighted by Crippen LogP contribution is -2.17. The molecule has 0 radical (unpaired) electrons. The molecule has 4 rings (SSSR count). The van der Waals surface area contributed by atoms with Gasteiger partial charge < -0.3 is 5.73 Å². The van der Waals surface area contributed by atoms with Gasteiger partial charge in [0.05, 0.1) is 16.6 Å². The van der Waals surface area contributed by atoms with Crippen LogP contribution >= 0.6 is 0 Å². The molecule has 2 aromatic heterocycles. The Balaban J connectivity index is 1.76. The third-order valence-corrected chi connectivity index (χ3v) is 4.55. The van der Waals surface area contributed by atoms with Crippen LogP contribution < -0.4 is 5.73 Å². The van der Waals surface area contributed by atoms with Crippen LogP contribution in [0.2, 0.25) is 0 Å². The molecule has 146 valence electrons. The number of benzene rings is 2. The van der Waals surface area contributed by atoms with Gasteiger partial charge in [0, 0.05) is 18.1 Å². The molecule has 2 N–H and O–H groups in total. The number of imidazole rings is 1. The van der Waals surface area contributed by atoms with Crippen molar-refractivity contribution in [1.82, 2.24) is 14.5 Å². The van der Waals surface area contributed by atoms with Crippen molar-refractivity contribution in [2.45, 2.75) is 12.6 Å². The lowest BCUT2D eigenvalue weighted by molar-refractivity contribution is -0.137. The minimum Gasteiger partial charge on any atom is -0.363 e. The quantitative estimate of drug-likeness (QED) is 0.564. The van der Waals surface area contributed by atoms with Crippen molar-refractivity contribution in [3.63, 3.8) is 0 Å². The van der Waals surface area contributed by atoms with Gasteiger partial charge in [-0.3, -0.25) is 14.3 Å². The Hall–Kier alpha value is -3.68. The van der Waals surface area contributed by atoms with E-state index in [2.05, 4.69) is 9.97 Å². The first kappa shape index (κ1) is 18.7. The summed E-state index contributed by atoms with van der Waals surface area (Å²) in [7, 11) is 0. The molecular formula is C21H15F3N4O. The molecule has 0 saturated carbocycles. The molecule has 8 heteroatoms. The molecular weight excluding hydrogens is 381 g/mol. The van der Waals surface area contributed by atoms with Crippen molar-refractivity contribution < 1.29 is 18.0 Å². The van der Waals surface area contributed by atoms with Crippen LogP contribution in [0.1, 0.15) is 27.3 Å². The summed E-state index contributed by atoms with van der Waals surface area (Å²) in [5.41, 5.74) is 7.72. The smallest absolute Gasteiger partial charge is 0.363 e. The van der Waals surface area contributed by atoms with E-state index in [1.165, 1.54) is 10.6 Å². The highest BCUT2D eigenvalue weighted by Crippen LogP contribution is 2.32. The number of fused-ring (bicyclic) bond motifs is 1. The second-order valence-electron chi connectivity index (χ2n) is 6.54. The van der Waals surface area contributed by atoms with Crippen LogP contribution in [-0.2, 0) is 12.6 Å². The zero-order valence-corrected chi connectivity index (χ0v) is 15.0. The second kappa shape index (κ2) is 7.05. The van der Waals surface area contributed by atoms with Crippen molar-refractivity contribution in [3.05, 3.63) is 89.5 Å². The van der Waals surface area contributed by atoms with Gasteiger partial charge in [0.2, 0.25) is 5.82 Å². The third-order valence-electron chi connectivity index (χ3n) is 4.55. The molecule has 0 aliphatic carbocycles. The number of nitrogens with zero attached hydrogens (tertiary/aromatic N) is 3. The summed E-state index contributed by atoms with van der Waals surface area (Å²) in [5, 5.41) is 0. The van der Waals surface area contributed by atoms with Gasteiger partial charge in [-0.15, -0.1) is 0 Å². The molecule has 0 spiro atoms. The SMILES string of the molecule is NC(=O)c1nc2cc(C(F)(F)F)ccc2n1-c1ccc(Cc2ccncc2)cc1. The number of primary amides is 1. The zero-order chi connectivity index (χ0) is 20.6. The number of aromatic nitrogens is 3. The maximum atomic E-state index is 13.0. The highest BCUT2D eigenvalue weighted by molar-refractivity contribution is 5.95. The molecule has 5 nitrogen and oxygen atoms in total. The Morgan fingerprint density at radius 1 is 0.966 bits per heavy atom. The lowest BCUT2D eigenvalue weighted by atomic mass is 10.1.